The molecule has 2 amide bonds. The van der Waals surface area contributed by atoms with Crippen molar-refractivity contribution in [3.63, 3.8) is 0 Å². The number of amides is 2. The second kappa shape index (κ2) is 7.71. The van der Waals surface area contributed by atoms with E-state index in [1.807, 2.05) is 19.1 Å². The molecule has 8 nitrogen and oxygen atoms in total. The van der Waals surface area contributed by atoms with E-state index in [2.05, 4.69) is 15.4 Å². The summed E-state index contributed by atoms with van der Waals surface area (Å²) in [6.07, 6.45) is 6.34. The topological polar surface area (TPSA) is 89.4 Å². The van der Waals surface area contributed by atoms with Crippen LogP contribution in [0.5, 0.6) is 0 Å². The normalized spacial score (nSPS) is 20.2. The molecule has 0 radical (unpaired) electrons. The van der Waals surface area contributed by atoms with Crippen molar-refractivity contribution in [2.45, 2.75) is 38.5 Å². The molecule has 4 heterocycles. The van der Waals surface area contributed by atoms with Crippen LogP contribution < -0.4 is 5.32 Å². The molecule has 2 aromatic heterocycles. The third kappa shape index (κ3) is 3.77. The number of aromatic nitrogens is 3. The van der Waals surface area contributed by atoms with E-state index >= 15 is 0 Å². The Bertz CT molecular complexity index is 845. The Labute approximate surface area is 163 Å². The highest BCUT2D eigenvalue weighted by Gasteiger charge is 2.51. The first-order valence-electron chi connectivity index (χ1n) is 9.69. The highest BCUT2D eigenvalue weighted by Crippen LogP contribution is 2.39. The lowest BCUT2D eigenvalue weighted by Crippen LogP contribution is -2.63. The van der Waals surface area contributed by atoms with Crippen LogP contribution in [0.1, 0.15) is 35.8 Å². The number of carbonyl (C=O) groups excluding carboxylic acids is 2. The molecule has 2 aliphatic rings. The van der Waals surface area contributed by atoms with E-state index in [0.29, 0.717) is 44.9 Å². The summed E-state index contributed by atoms with van der Waals surface area (Å²) in [7, 11) is 0. The molecule has 2 aliphatic heterocycles. The van der Waals surface area contributed by atoms with Crippen molar-refractivity contribution in [3.05, 3.63) is 48.0 Å². The molecule has 1 atom stereocenters. The van der Waals surface area contributed by atoms with Crippen LogP contribution in [-0.4, -0.2) is 56.8 Å². The largest absolute Gasteiger partial charge is 0.371 e. The van der Waals surface area contributed by atoms with E-state index in [9.17, 15) is 9.59 Å². The van der Waals surface area contributed by atoms with E-state index in [1.165, 1.54) is 0 Å². The fraction of sp³-hybridized carbons (Fsp3) is 0.500. The first kappa shape index (κ1) is 18.6. The lowest BCUT2D eigenvalue weighted by atomic mass is 9.85. The molecule has 8 heteroatoms. The molecule has 0 aromatic carbocycles. The van der Waals surface area contributed by atoms with Crippen LogP contribution in [0.15, 0.2) is 36.8 Å². The van der Waals surface area contributed by atoms with Gasteiger partial charge in [-0.2, -0.15) is 5.10 Å². The molecule has 1 unspecified atom stereocenters. The molecule has 1 N–H and O–H groups in total. The second-order valence-corrected chi connectivity index (χ2v) is 7.59. The fourth-order valence-electron chi connectivity index (χ4n) is 4.05. The maximum absolute atomic E-state index is 12.6. The minimum Gasteiger partial charge on any atom is -0.371 e. The Kier molecular flexibility index (Phi) is 5.13. The highest BCUT2D eigenvalue weighted by atomic mass is 16.5. The van der Waals surface area contributed by atoms with Gasteiger partial charge in [-0.1, -0.05) is 0 Å². The first-order valence-corrected chi connectivity index (χ1v) is 9.69. The maximum Gasteiger partial charge on any atom is 0.272 e. The number of aryl methyl sites for hydroxylation is 1. The standard InChI is InChI=1S/C20H25N5O3/c1-2-25-17(5-8-23-25)19(27)24-13-20(14-24)10-16(12-28-20)9-18(26)22-11-15-3-6-21-7-4-15/h3-8,16H,2,9-14H2,1H3,(H,22,26). The SMILES string of the molecule is CCn1nccc1C(=O)N1CC2(CC(CC(=O)NCc3ccncc3)CO2)C1. The van der Waals surface area contributed by atoms with Crippen LogP contribution >= 0.6 is 0 Å². The summed E-state index contributed by atoms with van der Waals surface area (Å²) in [5.41, 5.74) is 1.35. The summed E-state index contributed by atoms with van der Waals surface area (Å²) in [5.74, 6) is 0.213. The van der Waals surface area contributed by atoms with E-state index < -0.39 is 0 Å². The average molecular weight is 383 g/mol. The number of ether oxygens (including phenoxy) is 1. The van der Waals surface area contributed by atoms with Crippen LogP contribution in [0.25, 0.3) is 0 Å². The van der Waals surface area contributed by atoms with Crippen molar-refractivity contribution in [1.29, 1.82) is 0 Å². The molecule has 0 aliphatic carbocycles. The maximum atomic E-state index is 12.6. The Morgan fingerprint density at radius 2 is 2.04 bits per heavy atom. The molecule has 1 spiro atoms. The molecule has 0 saturated carbocycles. The third-order valence-corrected chi connectivity index (χ3v) is 5.48. The Morgan fingerprint density at radius 3 is 2.79 bits per heavy atom. The molecular weight excluding hydrogens is 358 g/mol. The monoisotopic (exact) mass is 383 g/mol. The molecule has 0 bridgehead atoms. The summed E-state index contributed by atoms with van der Waals surface area (Å²) >= 11 is 0. The number of pyridine rings is 1. The number of likely N-dealkylation sites (tertiary alicyclic amines) is 1. The minimum atomic E-state index is -0.289. The summed E-state index contributed by atoms with van der Waals surface area (Å²) in [6, 6.07) is 5.53. The zero-order chi connectivity index (χ0) is 19.6. The molecule has 148 valence electrons. The van der Waals surface area contributed by atoms with Crippen molar-refractivity contribution < 1.29 is 14.3 Å². The van der Waals surface area contributed by atoms with Crippen LogP contribution in [-0.2, 0) is 22.6 Å². The van der Waals surface area contributed by atoms with E-state index in [0.717, 1.165) is 12.0 Å². The molecule has 2 aromatic rings. The van der Waals surface area contributed by atoms with Gasteiger partial charge in [0.25, 0.3) is 5.91 Å². The third-order valence-electron chi connectivity index (χ3n) is 5.48. The summed E-state index contributed by atoms with van der Waals surface area (Å²) in [5, 5.41) is 7.11. The van der Waals surface area contributed by atoms with Gasteiger partial charge in [-0.05, 0) is 43.0 Å². The second-order valence-electron chi connectivity index (χ2n) is 7.59. The van der Waals surface area contributed by atoms with Gasteiger partial charge in [0, 0.05) is 38.1 Å². The lowest BCUT2D eigenvalue weighted by Gasteiger charge is -2.47. The van der Waals surface area contributed by atoms with Gasteiger partial charge in [0.15, 0.2) is 0 Å². The minimum absolute atomic E-state index is 0.00730. The highest BCUT2D eigenvalue weighted by molar-refractivity contribution is 5.93. The first-order chi connectivity index (χ1) is 13.6. The summed E-state index contributed by atoms with van der Waals surface area (Å²) < 4.78 is 7.71. The van der Waals surface area contributed by atoms with Crippen LogP contribution in [0.4, 0.5) is 0 Å². The quantitative estimate of drug-likeness (QED) is 0.811. The van der Waals surface area contributed by atoms with E-state index in [4.69, 9.17) is 4.74 Å². The van der Waals surface area contributed by atoms with Crippen LogP contribution in [0.3, 0.4) is 0 Å². The molecule has 4 rings (SSSR count). The predicted octanol–water partition coefficient (Wildman–Crippen LogP) is 1.24. The van der Waals surface area contributed by atoms with Crippen molar-refractivity contribution in [2.75, 3.05) is 19.7 Å². The number of rotatable bonds is 6. The van der Waals surface area contributed by atoms with Gasteiger partial charge in [0.1, 0.15) is 11.3 Å². The molecule has 2 saturated heterocycles. The van der Waals surface area contributed by atoms with Gasteiger partial charge in [-0.3, -0.25) is 19.3 Å². The van der Waals surface area contributed by atoms with Crippen LogP contribution in [0, 0.1) is 5.92 Å². The van der Waals surface area contributed by atoms with Crippen molar-refractivity contribution in [2.24, 2.45) is 5.92 Å². The van der Waals surface area contributed by atoms with Crippen molar-refractivity contribution >= 4 is 11.8 Å². The van der Waals surface area contributed by atoms with Gasteiger partial charge in [-0.15, -0.1) is 0 Å². The van der Waals surface area contributed by atoms with Crippen molar-refractivity contribution in [1.82, 2.24) is 25.0 Å². The fourth-order valence-corrected chi connectivity index (χ4v) is 4.05. The number of hydrogen-bond donors (Lipinski definition) is 1. The van der Waals surface area contributed by atoms with E-state index in [1.54, 1.807) is 34.2 Å². The van der Waals surface area contributed by atoms with Crippen LogP contribution in [0.2, 0.25) is 0 Å². The Hall–Kier alpha value is -2.74. The van der Waals surface area contributed by atoms with Gasteiger partial charge in [-0.25, -0.2) is 0 Å². The van der Waals surface area contributed by atoms with Gasteiger partial charge < -0.3 is 15.0 Å². The molecular formula is C20H25N5O3. The van der Waals surface area contributed by atoms with Gasteiger partial charge >= 0.3 is 0 Å². The number of carbonyl (C=O) groups is 2. The van der Waals surface area contributed by atoms with Gasteiger partial charge in [0.05, 0.1) is 19.7 Å². The Morgan fingerprint density at radius 1 is 1.25 bits per heavy atom. The summed E-state index contributed by atoms with van der Waals surface area (Å²) in [6.45, 7) is 4.86. The van der Waals surface area contributed by atoms with E-state index in [-0.39, 0.29) is 23.3 Å². The Balaban J connectivity index is 1.24. The van der Waals surface area contributed by atoms with Crippen molar-refractivity contribution in [3.8, 4) is 0 Å². The molecule has 2 fully saturated rings. The number of nitrogens with one attached hydrogen (secondary N) is 1. The lowest BCUT2D eigenvalue weighted by molar-refractivity contribution is -0.122. The molecule has 28 heavy (non-hydrogen) atoms. The van der Waals surface area contributed by atoms with Gasteiger partial charge in [0.2, 0.25) is 5.91 Å². The number of hydrogen-bond acceptors (Lipinski definition) is 5. The zero-order valence-corrected chi connectivity index (χ0v) is 16.0. The average Bonchev–Trinajstić information content (AvgIpc) is 3.32. The smallest absolute Gasteiger partial charge is 0.272 e. The predicted molar refractivity (Wildman–Crippen MR) is 101 cm³/mol. The number of nitrogens with zero attached hydrogens (tertiary/aromatic N) is 4. The summed E-state index contributed by atoms with van der Waals surface area (Å²) in [4.78, 5) is 30.6. The zero-order valence-electron chi connectivity index (χ0n) is 16.0.